The molecule has 1 heterocycles. The first-order chi connectivity index (χ1) is 9.11. The Morgan fingerprint density at radius 2 is 1.79 bits per heavy atom. The highest BCUT2D eigenvalue weighted by Gasteiger charge is 2.43. The number of likely N-dealkylation sites (tertiary alicyclic amines) is 1. The minimum atomic E-state index is -0.792. The number of benzene rings is 1. The first-order valence-electron chi connectivity index (χ1n) is 6.52. The van der Waals surface area contributed by atoms with Crippen LogP contribution in [0.5, 0.6) is 5.75 Å². The molecule has 5 heteroatoms. The second-order valence-corrected chi connectivity index (χ2v) is 6.29. The molecule has 1 aromatic rings. The van der Waals surface area contributed by atoms with Crippen molar-refractivity contribution in [3.05, 3.63) is 28.7 Å². The molecule has 0 radical (unpaired) electrons. The second kappa shape index (κ2) is 5.04. The molecule has 1 amide bonds. The van der Waals surface area contributed by atoms with Gasteiger partial charge in [-0.3, -0.25) is 0 Å². The molecule has 1 saturated heterocycles. The molecule has 19 heavy (non-hydrogen) atoms. The molecule has 0 bridgehead atoms. The summed E-state index contributed by atoms with van der Waals surface area (Å²) in [5.41, 5.74) is 0. The summed E-state index contributed by atoms with van der Waals surface area (Å²) in [5, 5.41) is 8.99. The van der Waals surface area contributed by atoms with Crippen LogP contribution in [-0.4, -0.2) is 35.3 Å². The summed E-state index contributed by atoms with van der Waals surface area (Å²) in [6, 6.07) is 7.86. The molecule has 1 saturated carbocycles. The summed E-state index contributed by atoms with van der Waals surface area (Å²) >= 11 is 3.40. The van der Waals surface area contributed by atoms with Gasteiger partial charge in [0.2, 0.25) is 0 Å². The molecule has 3 atom stereocenters. The van der Waals surface area contributed by atoms with Gasteiger partial charge in [0.15, 0.2) is 0 Å². The van der Waals surface area contributed by atoms with Gasteiger partial charge in [-0.2, -0.15) is 0 Å². The van der Waals surface area contributed by atoms with Crippen LogP contribution in [0.1, 0.15) is 12.8 Å². The van der Waals surface area contributed by atoms with Crippen LogP contribution in [-0.2, 0) is 0 Å². The molecule has 4 nitrogen and oxygen atoms in total. The third-order valence-electron chi connectivity index (χ3n) is 4.09. The van der Waals surface area contributed by atoms with Crippen LogP contribution in [0.2, 0.25) is 0 Å². The van der Waals surface area contributed by atoms with Crippen LogP contribution in [0.25, 0.3) is 0 Å². The monoisotopic (exact) mass is 325 g/mol. The fraction of sp³-hybridized carbons (Fsp3) is 0.500. The number of halogens is 1. The van der Waals surface area contributed by atoms with Gasteiger partial charge in [-0.1, -0.05) is 15.9 Å². The van der Waals surface area contributed by atoms with Crippen molar-refractivity contribution in [2.24, 2.45) is 11.8 Å². The Hall–Kier alpha value is -1.23. The lowest BCUT2D eigenvalue weighted by atomic mass is 10.0. The zero-order valence-corrected chi connectivity index (χ0v) is 12.0. The molecule has 1 N–H and O–H groups in total. The Morgan fingerprint density at radius 3 is 2.32 bits per heavy atom. The summed E-state index contributed by atoms with van der Waals surface area (Å²) in [6.45, 7) is 1.33. The fourth-order valence-corrected chi connectivity index (χ4v) is 3.47. The lowest BCUT2D eigenvalue weighted by molar-refractivity contribution is 0.144. The van der Waals surface area contributed by atoms with E-state index in [0.29, 0.717) is 24.9 Å². The number of rotatable bonds is 2. The number of hydrogen-bond donors (Lipinski definition) is 1. The fourth-order valence-electron chi connectivity index (χ4n) is 3.20. The topological polar surface area (TPSA) is 49.8 Å². The summed E-state index contributed by atoms with van der Waals surface area (Å²) in [7, 11) is 0. The Bertz CT molecular complexity index is 462. The number of carboxylic acid groups (broad SMARTS) is 1. The van der Waals surface area contributed by atoms with Crippen LogP contribution >= 0.6 is 15.9 Å². The van der Waals surface area contributed by atoms with E-state index in [1.165, 1.54) is 4.90 Å². The molecule has 0 spiro atoms. The maximum atomic E-state index is 10.9. The SMILES string of the molecule is O=C(O)N1C[C@H]2CC(Oc3ccc(Br)cc3)C[C@H]2C1. The molecule has 0 aromatic heterocycles. The van der Waals surface area contributed by atoms with Gasteiger partial charge in [0.1, 0.15) is 5.75 Å². The molecule has 2 aliphatic rings. The highest BCUT2D eigenvalue weighted by Crippen LogP contribution is 2.39. The number of nitrogens with zero attached hydrogens (tertiary/aromatic N) is 1. The van der Waals surface area contributed by atoms with Gasteiger partial charge in [-0.05, 0) is 48.9 Å². The van der Waals surface area contributed by atoms with Gasteiger partial charge in [-0.15, -0.1) is 0 Å². The largest absolute Gasteiger partial charge is 0.490 e. The summed E-state index contributed by atoms with van der Waals surface area (Å²) in [5.74, 6) is 1.83. The highest BCUT2D eigenvalue weighted by atomic mass is 79.9. The number of ether oxygens (including phenoxy) is 1. The zero-order valence-electron chi connectivity index (χ0n) is 10.5. The van der Waals surface area contributed by atoms with Crippen molar-refractivity contribution in [1.82, 2.24) is 4.90 Å². The van der Waals surface area contributed by atoms with Gasteiger partial charge < -0.3 is 14.7 Å². The maximum Gasteiger partial charge on any atom is 0.407 e. The smallest absolute Gasteiger partial charge is 0.407 e. The average Bonchev–Trinajstić information content (AvgIpc) is 2.90. The van der Waals surface area contributed by atoms with Crippen LogP contribution in [0.4, 0.5) is 4.79 Å². The Kier molecular flexibility index (Phi) is 3.39. The highest BCUT2D eigenvalue weighted by molar-refractivity contribution is 9.10. The standard InChI is InChI=1S/C14H16BrNO3/c15-11-1-3-12(4-2-11)19-13-5-9-7-16(14(17)18)8-10(9)6-13/h1-4,9-10,13H,5-8H2,(H,17,18)/t9-,10+,13?. The molecule has 2 fully saturated rings. The molecule has 1 aliphatic carbocycles. The molecule has 102 valence electrons. The average molecular weight is 326 g/mol. The number of carbonyl (C=O) groups is 1. The predicted molar refractivity (Wildman–Crippen MR) is 74.4 cm³/mol. The maximum absolute atomic E-state index is 10.9. The molecule has 1 aliphatic heterocycles. The first kappa shape index (κ1) is 12.8. The van der Waals surface area contributed by atoms with E-state index in [9.17, 15) is 4.79 Å². The third kappa shape index (κ3) is 2.71. The lowest BCUT2D eigenvalue weighted by Gasteiger charge is -2.17. The van der Waals surface area contributed by atoms with E-state index in [4.69, 9.17) is 9.84 Å². The van der Waals surface area contributed by atoms with Gasteiger partial charge >= 0.3 is 6.09 Å². The van der Waals surface area contributed by atoms with Crippen molar-refractivity contribution >= 4 is 22.0 Å². The quantitative estimate of drug-likeness (QED) is 0.908. The summed E-state index contributed by atoms with van der Waals surface area (Å²) in [4.78, 5) is 12.5. The van der Waals surface area contributed by atoms with Crippen LogP contribution in [0.15, 0.2) is 28.7 Å². The Balaban J connectivity index is 1.57. The summed E-state index contributed by atoms with van der Waals surface area (Å²) in [6.07, 6.45) is 1.36. The van der Waals surface area contributed by atoms with Gasteiger partial charge in [0.25, 0.3) is 0 Å². The van der Waals surface area contributed by atoms with Crippen molar-refractivity contribution in [3.8, 4) is 5.75 Å². The van der Waals surface area contributed by atoms with E-state index >= 15 is 0 Å². The molecular formula is C14H16BrNO3. The van der Waals surface area contributed by atoms with Crippen LogP contribution in [0.3, 0.4) is 0 Å². The van der Waals surface area contributed by atoms with Crippen LogP contribution < -0.4 is 4.74 Å². The Morgan fingerprint density at radius 1 is 1.21 bits per heavy atom. The molecule has 1 aromatic carbocycles. The molecular weight excluding hydrogens is 310 g/mol. The van der Waals surface area contributed by atoms with E-state index in [0.717, 1.165) is 23.1 Å². The molecule has 1 unspecified atom stereocenters. The van der Waals surface area contributed by atoms with Crippen molar-refractivity contribution in [3.63, 3.8) is 0 Å². The summed E-state index contributed by atoms with van der Waals surface area (Å²) < 4.78 is 7.02. The van der Waals surface area contributed by atoms with Crippen molar-refractivity contribution in [1.29, 1.82) is 0 Å². The van der Waals surface area contributed by atoms with E-state index < -0.39 is 6.09 Å². The second-order valence-electron chi connectivity index (χ2n) is 5.37. The van der Waals surface area contributed by atoms with Crippen molar-refractivity contribution in [2.45, 2.75) is 18.9 Å². The Labute approximate surface area is 120 Å². The van der Waals surface area contributed by atoms with Gasteiger partial charge in [0.05, 0.1) is 6.10 Å². The van der Waals surface area contributed by atoms with Crippen molar-refractivity contribution < 1.29 is 14.6 Å². The normalized spacial score (nSPS) is 29.3. The first-order valence-corrected chi connectivity index (χ1v) is 7.31. The van der Waals surface area contributed by atoms with Crippen LogP contribution in [0, 0.1) is 11.8 Å². The molecule has 3 rings (SSSR count). The van der Waals surface area contributed by atoms with E-state index in [2.05, 4.69) is 15.9 Å². The van der Waals surface area contributed by atoms with Gasteiger partial charge in [0, 0.05) is 17.6 Å². The number of amides is 1. The van der Waals surface area contributed by atoms with E-state index in [-0.39, 0.29) is 6.10 Å². The van der Waals surface area contributed by atoms with Gasteiger partial charge in [-0.25, -0.2) is 4.79 Å². The zero-order chi connectivity index (χ0) is 13.4. The predicted octanol–water partition coefficient (Wildman–Crippen LogP) is 3.22. The minimum Gasteiger partial charge on any atom is -0.490 e. The lowest BCUT2D eigenvalue weighted by Crippen LogP contribution is -2.29. The third-order valence-corrected chi connectivity index (χ3v) is 4.62. The van der Waals surface area contributed by atoms with E-state index in [1.807, 2.05) is 24.3 Å². The number of fused-ring (bicyclic) bond motifs is 1. The minimum absolute atomic E-state index is 0.229. The van der Waals surface area contributed by atoms with Crippen molar-refractivity contribution in [2.75, 3.05) is 13.1 Å². The number of hydrogen-bond acceptors (Lipinski definition) is 2. The van der Waals surface area contributed by atoms with E-state index in [1.54, 1.807) is 0 Å².